The molecule has 2 unspecified atom stereocenters. The van der Waals surface area contributed by atoms with Gasteiger partial charge in [-0.05, 0) is 38.5 Å². The number of amidine groups is 1. The summed E-state index contributed by atoms with van der Waals surface area (Å²) in [6, 6.07) is 0.466. The molecule has 1 saturated heterocycles. The van der Waals surface area contributed by atoms with Gasteiger partial charge in [-0.15, -0.1) is 16.8 Å². The molecular weight excluding hydrogens is 340 g/mol. The number of piperidine rings is 1. The quantitative estimate of drug-likeness (QED) is 0.732. The molecule has 0 aromatic heterocycles. The molecule has 3 aliphatic heterocycles. The van der Waals surface area contributed by atoms with Crippen LogP contribution in [-0.2, 0) is 14.8 Å². The molecule has 3 aliphatic rings. The molecule has 0 saturated carbocycles. The van der Waals surface area contributed by atoms with Gasteiger partial charge in [0.15, 0.2) is 5.84 Å². The second kappa shape index (κ2) is 7.02. The predicted octanol–water partition coefficient (Wildman–Crippen LogP) is 0.162. The summed E-state index contributed by atoms with van der Waals surface area (Å²) in [5, 5.41) is 6.33. The van der Waals surface area contributed by atoms with Crippen LogP contribution in [0.25, 0.3) is 0 Å². The third-order valence-corrected chi connectivity index (χ3v) is 5.21. The number of hydrogen-bond acceptors (Lipinski definition) is 5. The number of nitrogens with one attached hydrogen (secondary N) is 2. The molecule has 0 aliphatic carbocycles. The van der Waals surface area contributed by atoms with Crippen molar-refractivity contribution >= 4 is 34.2 Å². The van der Waals surface area contributed by atoms with Crippen molar-refractivity contribution in [3.8, 4) is 0 Å². The lowest BCUT2D eigenvalue weighted by molar-refractivity contribution is -0.117. The van der Waals surface area contributed by atoms with E-state index in [1.807, 2.05) is 0 Å². The summed E-state index contributed by atoms with van der Waals surface area (Å²) >= 11 is 0. The summed E-state index contributed by atoms with van der Waals surface area (Å²) in [5.74, 6) is -0.0563. The number of allylic oxidation sites excluding steroid dienone is 2. The van der Waals surface area contributed by atoms with E-state index < -0.39 is 10.0 Å². The average Bonchev–Trinajstić information content (AvgIpc) is 2.45. The van der Waals surface area contributed by atoms with Gasteiger partial charge in [-0.25, -0.2) is 8.42 Å². The fraction of sp³-hybridized carbons (Fsp3) is 0.571. The molecule has 2 atom stereocenters. The first kappa shape index (κ1) is 18.0. The van der Waals surface area contributed by atoms with Crippen molar-refractivity contribution in [3.63, 3.8) is 0 Å². The van der Waals surface area contributed by atoms with Crippen molar-refractivity contribution in [2.45, 2.75) is 31.8 Å². The van der Waals surface area contributed by atoms with Crippen molar-refractivity contribution in [1.29, 1.82) is 0 Å². The highest BCUT2D eigenvalue weighted by Gasteiger charge is 2.31. The number of sulfonamides is 1. The molecule has 3 heterocycles. The van der Waals surface area contributed by atoms with E-state index >= 15 is 0 Å². The number of carbonyl (C=O) groups excluding carboxylic acids is 1. The molecule has 0 radical (unpaired) electrons. The van der Waals surface area contributed by atoms with Gasteiger partial charge in [0.1, 0.15) is 0 Å². The van der Waals surface area contributed by atoms with Gasteiger partial charge in [-0.3, -0.25) is 4.79 Å². The molecule has 7 nitrogen and oxygen atoms in total. The van der Waals surface area contributed by atoms with Gasteiger partial charge in [0.25, 0.3) is 15.9 Å². The van der Waals surface area contributed by atoms with Crippen molar-refractivity contribution < 1.29 is 13.2 Å². The molecule has 0 aromatic carbocycles. The van der Waals surface area contributed by atoms with Crippen LogP contribution >= 0.6 is 12.4 Å². The van der Waals surface area contributed by atoms with E-state index in [1.54, 1.807) is 23.3 Å². The third kappa shape index (κ3) is 4.13. The topological polar surface area (TPSA) is 90.9 Å². The zero-order chi connectivity index (χ0) is 15.7. The highest BCUT2D eigenvalue weighted by molar-refractivity contribution is 7.90. The molecule has 1 fully saturated rings. The third-order valence-electron chi connectivity index (χ3n) is 4.06. The maximum absolute atomic E-state index is 12.5. The van der Waals surface area contributed by atoms with Crippen molar-refractivity contribution in [1.82, 2.24) is 15.5 Å². The van der Waals surface area contributed by atoms with Crippen LogP contribution in [-0.4, -0.2) is 56.0 Å². The van der Waals surface area contributed by atoms with Crippen molar-refractivity contribution in [3.05, 3.63) is 23.9 Å². The molecule has 0 bridgehead atoms. The Kier molecular flexibility index (Phi) is 5.49. The SMILES string of the molecule is CC1CC(NC(=O)C2=CC=CN3CCS(=O)(=O)N=C23)CCN1.Cl. The summed E-state index contributed by atoms with van der Waals surface area (Å²) in [6.07, 6.45) is 6.85. The van der Waals surface area contributed by atoms with E-state index in [-0.39, 0.29) is 35.9 Å². The first-order chi connectivity index (χ1) is 10.4. The number of rotatable bonds is 2. The van der Waals surface area contributed by atoms with Crippen LogP contribution in [0.3, 0.4) is 0 Å². The number of carbonyl (C=O) groups is 1. The van der Waals surface area contributed by atoms with Crippen LogP contribution in [0, 0.1) is 0 Å². The lowest BCUT2D eigenvalue weighted by Gasteiger charge is -2.31. The monoisotopic (exact) mass is 360 g/mol. The van der Waals surface area contributed by atoms with Crippen LogP contribution in [0.4, 0.5) is 0 Å². The molecule has 3 rings (SSSR count). The normalized spacial score (nSPS) is 28.8. The van der Waals surface area contributed by atoms with E-state index in [1.165, 1.54) is 0 Å². The number of nitrogens with zero attached hydrogens (tertiary/aromatic N) is 2. The minimum Gasteiger partial charge on any atom is -0.349 e. The second-order valence-electron chi connectivity index (χ2n) is 5.87. The molecule has 9 heteroatoms. The predicted molar refractivity (Wildman–Crippen MR) is 91.0 cm³/mol. The van der Waals surface area contributed by atoms with E-state index in [9.17, 15) is 13.2 Å². The lowest BCUT2D eigenvalue weighted by Crippen LogP contribution is -2.49. The van der Waals surface area contributed by atoms with E-state index in [2.05, 4.69) is 22.0 Å². The number of fused-ring (bicyclic) bond motifs is 1. The number of amides is 1. The Balaban J connectivity index is 0.00000192. The Labute approximate surface area is 142 Å². The van der Waals surface area contributed by atoms with Gasteiger partial charge in [-0.1, -0.05) is 0 Å². The summed E-state index contributed by atoms with van der Waals surface area (Å²) in [6.45, 7) is 3.28. The highest BCUT2D eigenvalue weighted by atomic mass is 35.5. The van der Waals surface area contributed by atoms with E-state index in [0.29, 0.717) is 18.2 Å². The van der Waals surface area contributed by atoms with Crippen LogP contribution in [0.1, 0.15) is 19.8 Å². The van der Waals surface area contributed by atoms with Gasteiger partial charge in [0.2, 0.25) is 0 Å². The summed E-state index contributed by atoms with van der Waals surface area (Å²) in [4.78, 5) is 14.2. The number of halogens is 1. The Bertz CT molecular complexity index is 672. The van der Waals surface area contributed by atoms with Gasteiger partial charge in [0, 0.05) is 24.8 Å². The maximum Gasteiger partial charge on any atom is 0.256 e. The molecule has 23 heavy (non-hydrogen) atoms. The summed E-state index contributed by atoms with van der Waals surface area (Å²) in [7, 11) is -3.48. The fourth-order valence-electron chi connectivity index (χ4n) is 2.92. The Morgan fingerprint density at radius 2 is 2.26 bits per heavy atom. The van der Waals surface area contributed by atoms with Gasteiger partial charge in [-0.2, -0.15) is 0 Å². The summed E-state index contributed by atoms with van der Waals surface area (Å²) < 4.78 is 27.2. The minimum atomic E-state index is -3.48. The Hall–Kier alpha value is -1.38. The average molecular weight is 361 g/mol. The minimum absolute atomic E-state index is 0. The van der Waals surface area contributed by atoms with Crippen molar-refractivity contribution in [2.75, 3.05) is 18.8 Å². The Morgan fingerprint density at radius 1 is 1.48 bits per heavy atom. The Morgan fingerprint density at radius 3 is 3.00 bits per heavy atom. The molecule has 1 amide bonds. The van der Waals surface area contributed by atoms with Gasteiger partial charge < -0.3 is 15.5 Å². The maximum atomic E-state index is 12.5. The van der Waals surface area contributed by atoms with E-state index in [0.717, 1.165) is 19.4 Å². The summed E-state index contributed by atoms with van der Waals surface area (Å²) in [5.41, 5.74) is 0.317. The largest absolute Gasteiger partial charge is 0.349 e. The van der Waals surface area contributed by atoms with Crippen molar-refractivity contribution in [2.24, 2.45) is 4.40 Å². The smallest absolute Gasteiger partial charge is 0.256 e. The van der Waals surface area contributed by atoms with Crippen LogP contribution in [0.15, 0.2) is 28.3 Å². The molecule has 2 N–H and O–H groups in total. The van der Waals surface area contributed by atoms with Crippen LogP contribution in [0.5, 0.6) is 0 Å². The molecule has 0 spiro atoms. The lowest BCUT2D eigenvalue weighted by atomic mass is 10.00. The number of hydrogen-bond donors (Lipinski definition) is 2. The fourth-order valence-corrected chi connectivity index (χ4v) is 3.90. The van der Waals surface area contributed by atoms with Gasteiger partial charge in [0.05, 0.1) is 11.3 Å². The molecular formula is C14H21ClN4O3S. The van der Waals surface area contributed by atoms with E-state index in [4.69, 9.17) is 0 Å². The van der Waals surface area contributed by atoms with Crippen LogP contribution < -0.4 is 10.6 Å². The zero-order valence-electron chi connectivity index (χ0n) is 12.9. The second-order valence-corrected chi connectivity index (χ2v) is 7.62. The van der Waals surface area contributed by atoms with Crippen LogP contribution in [0.2, 0.25) is 0 Å². The highest BCUT2D eigenvalue weighted by Crippen LogP contribution is 2.18. The standard InChI is InChI=1S/C14H20N4O3S.ClH/c1-10-9-11(4-5-15-10)16-14(19)12-3-2-6-18-7-8-22(20,21)17-13(12)18;/h2-3,6,10-11,15H,4-5,7-9H2,1H3,(H,16,19);1H. The zero-order valence-corrected chi connectivity index (χ0v) is 14.5. The first-order valence-corrected chi connectivity index (χ1v) is 9.08. The molecule has 128 valence electrons. The first-order valence-electron chi connectivity index (χ1n) is 7.47. The molecule has 0 aromatic rings. The van der Waals surface area contributed by atoms with Gasteiger partial charge >= 0.3 is 0 Å².